The zero-order chi connectivity index (χ0) is 12.6. The summed E-state index contributed by atoms with van der Waals surface area (Å²) in [4.78, 5) is 5.08. The van der Waals surface area contributed by atoms with Gasteiger partial charge >= 0.3 is 0 Å². The largest absolute Gasteiger partial charge is 0.302 e. The van der Waals surface area contributed by atoms with Crippen molar-refractivity contribution < 1.29 is 4.84 Å². The Kier molecular flexibility index (Phi) is 15.8. The molecule has 0 atom stereocenters. The molecule has 0 saturated carbocycles. The summed E-state index contributed by atoms with van der Waals surface area (Å²) in [6.45, 7) is 3.13. The molecule has 0 rings (SSSR count). The van der Waals surface area contributed by atoms with Crippen molar-refractivity contribution in [3.8, 4) is 0 Å². The minimum atomic E-state index is 0.855. The zero-order valence-electron chi connectivity index (χ0n) is 12.1. The Morgan fingerprint density at radius 2 is 1.06 bits per heavy atom. The molecule has 0 amide bonds. The van der Waals surface area contributed by atoms with E-state index in [1.54, 1.807) is 0 Å². The summed E-state index contributed by atoms with van der Waals surface area (Å²) in [7, 11) is 1.82. The predicted octanol–water partition coefficient (Wildman–Crippen LogP) is 4.84. The van der Waals surface area contributed by atoms with Gasteiger partial charge in [0.15, 0.2) is 0 Å². The number of unbranched alkanes of at least 4 members (excludes halogenated alkanes) is 11. The molecule has 2 heteroatoms. The molecule has 0 aromatic rings. The molecular weight excluding hydrogens is 210 g/mol. The average molecular weight is 243 g/mol. The normalized spacial score (nSPS) is 10.9. The topological polar surface area (TPSA) is 21.3 Å². The third-order valence-electron chi connectivity index (χ3n) is 3.24. The average Bonchev–Trinajstić information content (AvgIpc) is 2.35. The van der Waals surface area contributed by atoms with Crippen LogP contribution in [0.2, 0.25) is 0 Å². The van der Waals surface area contributed by atoms with Crippen LogP contribution in [-0.2, 0) is 4.84 Å². The van der Waals surface area contributed by atoms with E-state index in [0.29, 0.717) is 0 Å². The Balaban J connectivity index is 2.85. The summed E-state index contributed by atoms with van der Waals surface area (Å²) < 4.78 is 0. The van der Waals surface area contributed by atoms with E-state index < -0.39 is 0 Å². The van der Waals surface area contributed by atoms with Crippen molar-refractivity contribution in [2.45, 2.75) is 84.0 Å². The van der Waals surface area contributed by atoms with Gasteiger partial charge in [-0.25, -0.2) is 5.48 Å². The zero-order valence-corrected chi connectivity index (χ0v) is 12.1. The molecule has 0 aromatic heterocycles. The van der Waals surface area contributed by atoms with Gasteiger partial charge in [0.25, 0.3) is 0 Å². The second-order valence-electron chi connectivity index (χ2n) is 4.94. The molecule has 0 saturated heterocycles. The lowest BCUT2D eigenvalue weighted by molar-refractivity contribution is 0.0550. The Morgan fingerprint density at radius 3 is 1.47 bits per heavy atom. The fourth-order valence-corrected chi connectivity index (χ4v) is 2.12. The maximum Gasteiger partial charge on any atom is 0.0682 e. The number of hydroxylamine groups is 1. The first-order valence-electron chi connectivity index (χ1n) is 7.70. The van der Waals surface area contributed by atoms with Gasteiger partial charge in [-0.2, -0.15) is 0 Å². The van der Waals surface area contributed by atoms with Gasteiger partial charge in [0.2, 0.25) is 0 Å². The van der Waals surface area contributed by atoms with Crippen molar-refractivity contribution in [1.29, 1.82) is 0 Å². The van der Waals surface area contributed by atoms with E-state index in [1.807, 2.05) is 7.05 Å². The van der Waals surface area contributed by atoms with Crippen LogP contribution in [0.3, 0.4) is 0 Å². The van der Waals surface area contributed by atoms with E-state index in [9.17, 15) is 0 Å². The van der Waals surface area contributed by atoms with E-state index in [1.165, 1.54) is 77.0 Å². The second-order valence-corrected chi connectivity index (χ2v) is 4.94. The van der Waals surface area contributed by atoms with Crippen LogP contribution in [0.4, 0.5) is 0 Å². The summed E-state index contributed by atoms with van der Waals surface area (Å²) in [5.74, 6) is 0. The van der Waals surface area contributed by atoms with Crippen LogP contribution < -0.4 is 5.48 Å². The summed E-state index contributed by atoms with van der Waals surface area (Å²) in [5, 5.41) is 0. The van der Waals surface area contributed by atoms with Crippen LogP contribution in [0.5, 0.6) is 0 Å². The Morgan fingerprint density at radius 1 is 0.647 bits per heavy atom. The van der Waals surface area contributed by atoms with Crippen LogP contribution in [-0.4, -0.2) is 13.7 Å². The first kappa shape index (κ1) is 16.9. The van der Waals surface area contributed by atoms with E-state index >= 15 is 0 Å². The lowest BCUT2D eigenvalue weighted by atomic mass is 10.1. The molecule has 0 bridgehead atoms. The second kappa shape index (κ2) is 15.9. The third-order valence-corrected chi connectivity index (χ3v) is 3.24. The molecule has 0 spiro atoms. The van der Waals surface area contributed by atoms with Gasteiger partial charge in [-0.15, -0.1) is 0 Å². The van der Waals surface area contributed by atoms with Gasteiger partial charge in [-0.3, -0.25) is 0 Å². The van der Waals surface area contributed by atoms with Crippen LogP contribution in [0.25, 0.3) is 0 Å². The molecule has 0 aliphatic rings. The Hall–Kier alpha value is -0.0800. The van der Waals surface area contributed by atoms with Gasteiger partial charge in [0.05, 0.1) is 6.61 Å². The van der Waals surface area contributed by atoms with Crippen molar-refractivity contribution in [3.63, 3.8) is 0 Å². The molecule has 0 radical (unpaired) electrons. The van der Waals surface area contributed by atoms with Crippen LogP contribution in [0.15, 0.2) is 0 Å². The maximum absolute atomic E-state index is 5.08. The fraction of sp³-hybridized carbons (Fsp3) is 1.00. The van der Waals surface area contributed by atoms with Crippen LogP contribution in [0.1, 0.15) is 84.0 Å². The molecule has 17 heavy (non-hydrogen) atoms. The first-order valence-corrected chi connectivity index (χ1v) is 7.70. The van der Waals surface area contributed by atoms with Crippen LogP contribution >= 0.6 is 0 Å². The smallest absolute Gasteiger partial charge is 0.0682 e. The van der Waals surface area contributed by atoms with E-state index in [0.717, 1.165) is 6.61 Å². The number of hydrogen-bond acceptors (Lipinski definition) is 2. The molecule has 0 unspecified atom stereocenters. The Bertz CT molecular complexity index is 114. The SMILES string of the molecule is CCCCCCCCCCCCCCONC. The molecule has 0 aromatic carbocycles. The van der Waals surface area contributed by atoms with E-state index in [4.69, 9.17) is 4.84 Å². The molecule has 0 heterocycles. The van der Waals surface area contributed by atoms with E-state index in [-0.39, 0.29) is 0 Å². The molecule has 0 fully saturated rings. The van der Waals surface area contributed by atoms with Crippen molar-refractivity contribution in [1.82, 2.24) is 5.48 Å². The standard InChI is InChI=1S/C15H33NO/c1-3-4-5-6-7-8-9-10-11-12-13-14-15-17-16-2/h16H,3-15H2,1-2H3. The monoisotopic (exact) mass is 243 g/mol. The highest BCUT2D eigenvalue weighted by Crippen LogP contribution is 2.11. The fourth-order valence-electron chi connectivity index (χ4n) is 2.12. The summed E-state index contributed by atoms with van der Waals surface area (Å²) >= 11 is 0. The van der Waals surface area contributed by atoms with Gasteiger partial charge < -0.3 is 4.84 Å². The number of nitrogens with one attached hydrogen (secondary N) is 1. The maximum atomic E-state index is 5.08. The lowest BCUT2D eigenvalue weighted by Crippen LogP contribution is -2.07. The highest BCUT2D eigenvalue weighted by atomic mass is 16.6. The van der Waals surface area contributed by atoms with Crippen molar-refractivity contribution in [3.05, 3.63) is 0 Å². The molecule has 104 valence electrons. The van der Waals surface area contributed by atoms with Gasteiger partial charge in [-0.05, 0) is 6.42 Å². The minimum absolute atomic E-state index is 0.855. The molecule has 2 nitrogen and oxygen atoms in total. The highest BCUT2D eigenvalue weighted by molar-refractivity contribution is 4.48. The minimum Gasteiger partial charge on any atom is -0.302 e. The summed E-state index contributed by atoms with van der Waals surface area (Å²) in [6, 6.07) is 0. The van der Waals surface area contributed by atoms with Crippen molar-refractivity contribution in [2.24, 2.45) is 0 Å². The van der Waals surface area contributed by atoms with Crippen molar-refractivity contribution in [2.75, 3.05) is 13.7 Å². The van der Waals surface area contributed by atoms with E-state index in [2.05, 4.69) is 12.4 Å². The summed E-state index contributed by atoms with van der Waals surface area (Å²) in [6.07, 6.45) is 16.8. The predicted molar refractivity (Wildman–Crippen MR) is 76.1 cm³/mol. The Labute approximate surface area is 108 Å². The molecule has 1 N–H and O–H groups in total. The summed E-state index contributed by atoms with van der Waals surface area (Å²) in [5.41, 5.74) is 2.71. The van der Waals surface area contributed by atoms with Crippen LogP contribution in [0, 0.1) is 0 Å². The first-order chi connectivity index (χ1) is 8.41. The third kappa shape index (κ3) is 15.9. The van der Waals surface area contributed by atoms with Crippen molar-refractivity contribution >= 4 is 0 Å². The molecule has 0 aliphatic carbocycles. The molecular formula is C15H33NO. The number of rotatable bonds is 14. The van der Waals surface area contributed by atoms with Gasteiger partial charge in [0.1, 0.15) is 0 Å². The van der Waals surface area contributed by atoms with Gasteiger partial charge in [0, 0.05) is 7.05 Å². The lowest BCUT2D eigenvalue weighted by Gasteiger charge is -2.03. The number of hydrogen-bond donors (Lipinski definition) is 1. The quantitative estimate of drug-likeness (QED) is 0.348. The van der Waals surface area contributed by atoms with Gasteiger partial charge in [-0.1, -0.05) is 77.6 Å². The highest BCUT2D eigenvalue weighted by Gasteiger charge is 1.93. The molecule has 0 aliphatic heterocycles.